The first kappa shape index (κ1) is 16.3. The van der Waals surface area contributed by atoms with Gasteiger partial charge in [0.25, 0.3) is 0 Å². The van der Waals surface area contributed by atoms with E-state index >= 15 is 0 Å². The standard InChI is InChI=1S/C16H20FNO4/c1-16(2,3)22-15(20)18-13-8-11(13)10-7-9(14(19)21-4)5-6-12(10)17/h5-7,11,13H,8H2,1-4H3,(H,18,20)/t11-,13+/m0/s1. The number of ether oxygens (including phenoxy) is 2. The number of carbonyl (C=O) groups excluding carboxylic acids is 2. The number of esters is 1. The summed E-state index contributed by atoms with van der Waals surface area (Å²) >= 11 is 0. The minimum absolute atomic E-state index is 0.155. The number of alkyl carbamates (subject to hydrolysis) is 1. The fourth-order valence-electron chi connectivity index (χ4n) is 2.23. The Morgan fingerprint density at radius 2 is 2.00 bits per heavy atom. The van der Waals surface area contributed by atoms with E-state index in [4.69, 9.17) is 4.74 Å². The average molecular weight is 309 g/mol. The minimum Gasteiger partial charge on any atom is -0.465 e. The van der Waals surface area contributed by atoms with Crippen LogP contribution in [0.5, 0.6) is 0 Å². The summed E-state index contributed by atoms with van der Waals surface area (Å²) in [6.07, 6.45) is 0.0883. The molecule has 6 heteroatoms. The van der Waals surface area contributed by atoms with Gasteiger partial charge in [0.1, 0.15) is 11.4 Å². The highest BCUT2D eigenvalue weighted by atomic mass is 19.1. The number of hydrogen-bond donors (Lipinski definition) is 1. The maximum atomic E-state index is 13.9. The Morgan fingerprint density at radius 1 is 1.32 bits per heavy atom. The second kappa shape index (κ2) is 5.94. The Kier molecular flexibility index (Phi) is 4.39. The lowest BCUT2D eigenvalue weighted by atomic mass is 10.1. The first-order valence-electron chi connectivity index (χ1n) is 7.08. The third-order valence-corrected chi connectivity index (χ3v) is 3.31. The van der Waals surface area contributed by atoms with E-state index in [-0.39, 0.29) is 12.0 Å². The zero-order valence-electron chi connectivity index (χ0n) is 13.1. The highest BCUT2D eigenvalue weighted by Gasteiger charge is 2.42. The monoisotopic (exact) mass is 309 g/mol. The summed E-state index contributed by atoms with van der Waals surface area (Å²) in [6, 6.07) is 3.91. The summed E-state index contributed by atoms with van der Waals surface area (Å²) in [4.78, 5) is 23.2. The predicted octanol–water partition coefficient (Wildman–Crippen LogP) is 2.99. The van der Waals surface area contributed by atoms with Gasteiger partial charge in [0.15, 0.2) is 0 Å². The van der Waals surface area contributed by atoms with E-state index in [1.165, 1.54) is 25.3 Å². The van der Waals surface area contributed by atoms with Gasteiger partial charge in [-0.1, -0.05) is 0 Å². The molecule has 1 fully saturated rings. The number of carbonyl (C=O) groups is 2. The topological polar surface area (TPSA) is 64.6 Å². The van der Waals surface area contributed by atoms with Gasteiger partial charge in [0.05, 0.1) is 12.7 Å². The molecule has 1 aliphatic rings. The van der Waals surface area contributed by atoms with Gasteiger partial charge in [0.2, 0.25) is 0 Å². The molecule has 1 saturated carbocycles. The molecule has 2 rings (SSSR count). The molecule has 1 amide bonds. The van der Waals surface area contributed by atoms with Crippen molar-refractivity contribution < 1.29 is 23.5 Å². The molecule has 1 aromatic carbocycles. The fourth-order valence-corrected chi connectivity index (χ4v) is 2.23. The van der Waals surface area contributed by atoms with Gasteiger partial charge < -0.3 is 14.8 Å². The molecule has 1 aliphatic carbocycles. The molecule has 0 saturated heterocycles. The Morgan fingerprint density at radius 3 is 2.59 bits per heavy atom. The molecule has 0 radical (unpaired) electrons. The Hall–Kier alpha value is -2.11. The Balaban J connectivity index is 2.03. The maximum Gasteiger partial charge on any atom is 0.407 e. The van der Waals surface area contributed by atoms with Gasteiger partial charge in [-0.2, -0.15) is 0 Å². The molecule has 0 bridgehead atoms. The van der Waals surface area contributed by atoms with Crippen LogP contribution in [-0.2, 0) is 9.47 Å². The SMILES string of the molecule is COC(=O)c1ccc(F)c([C@@H]2C[C@H]2NC(=O)OC(C)(C)C)c1. The molecular weight excluding hydrogens is 289 g/mol. The van der Waals surface area contributed by atoms with E-state index in [1.54, 1.807) is 20.8 Å². The Bertz CT molecular complexity index is 594. The van der Waals surface area contributed by atoms with Gasteiger partial charge in [-0.25, -0.2) is 14.0 Å². The van der Waals surface area contributed by atoms with E-state index in [1.807, 2.05) is 0 Å². The summed E-state index contributed by atoms with van der Waals surface area (Å²) < 4.78 is 23.7. The van der Waals surface area contributed by atoms with Crippen LogP contribution in [0.4, 0.5) is 9.18 Å². The lowest BCUT2D eigenvalue weighted by Crippen LogP contribution is -2.34. The summed E-state index contributed by atoms with van der Waals surface area (Å²) in [7, 11) is 1.27. The fraction of sp³-hybridized carbons (Fsp3) is 0.500. The van der Waals surface area contributed by atoms with E-state index in [2.05, 4.69) is 10.1 Å². The number of amides is 1. The van der Waals surface area contributed by atoms with E-state index < -0.39 is 23.5 Å². The molecule has 2 atom stereocenters. The lowest BCUT2D eigenvalue weighted by molar-refractivity contribution is 0.0521. The smallest absolute Gasteiger partial charge is 0.407 e. The molecule has 1 aromatic rings. The molecule has 0 unspecified atom stereocenters. The third kappa shape index (κ3) is 3.96. The van der Waals surface area contributed by atoms with Crippen LogP contribution in [0, 0.1) is 5.82 Å². The summed E-state index contributed by atoms with van der Waals surface area (Å²) in [5.74, 6) is -1.07. The number of hydrogen-bond acceptors (Lipinski definition) is 4. The molecule has 0 aromatic heterocycles. The summed E-state index contributed by atoms with van der Waals surface area (Å²) in [5.41, 5.74) is 0.121. The molecule has 22 heavy (non-hydrogen) atoms. The van der Waals surface area contributed by atoms with Gasteiger partial charge in [0, 0.05) is 12.0 Å². The number of nitrogens with one attached hydrogen (secondary N) is 1. The van der Waals surface area contributed by atoms with Crippen molar-refractivity contribution in [2.75, 3.05) is 7.11 Å². The molecule has 5 nitrogen and oxygen atoms in total. The van der Waals surface area contributed by atoms with Crippen LogP contribution in [0.2, 0.25) is 0 Å². The molecule has 0 aliphatic heterocycles. The van der Waals surface area contributed by atoms with Gasteiger partial charge in [-0.15, -0.1) is 0 Å². The van der Waals surface area contributed by atoms with Gasteiger partial charge in [-0.3, -0.25) is 0 Å². The van der Waals surface area contributed by atoms with Gasteiger partial charge in [-0.05, 0) is 51.0 Å². The second-order valence-corrected chi connectivity index (χ2v) is 6.32. The number of methoxy groups -OCH3 is 1. The molecule has 120 valence electrons. The molecule has 1 N–H and O–H groups in total. The first-order chi connectivity index (χ1) is 10.2. The van der Waals surface area contributed by atoms with Crippen LogP contribution in [0.25, 0.3) is 0 Å². The summed E-state index contributed by atoms with van der Waals surface area (Å²) in [5, 5.41) is 2.70. The van der Waals surface area contributed by atoms with Crippen LogP contribution in [0.3, 0.4) is 0 Å². The average Bonchev–Trinajstić information content (AvgIpc) is 3.15. The third-order valence-electron chi connectivity index (χ3n) is 3.31. The number of halogens is 1. The van der Waals surface area contributed by atoms with Crippen molar-refractivity contribution in [1.82, 2.24) is 5.32 Å². The quantitative estimate of drug-likeness (QED) is 0.872. The van der Waals surface area contributed by atoms with Crippen LogP contribution in [0.15, 0.2) is 18.2 Å². The zero-order chi connectivity index (χ0) is 16.5. The van der Waals surface area contributed by atoms with E-state index in [0.717, 1.165) is 0 Å². The molecular formula is C16H20FNO4. The second-order valence-electron chi connectivity index (χ2n) is 6.32. The van der Waals surface area contributed by atoms with Crippen LogP contribution >= 0.6 is 0 Å². The van der Waals surface area contributed by atoms with Crippen molar-refractivity contribution in [3.05, 3.63) is 35.1 Å². The zero-order valence-corrected chi connectivity index (χ0v) is 13.1. The summed E-state index contributed by atoms with van der Waals surface area (Å²) in [6.45, 7) is 5.32. The maximum absolute atomic E-state index is 13.9. The van der Waals surface area contributed by atoms with Crippen molar-refractivity contribution in [1.29, 1.82) is 0 Å². The lowest BCUT2D eigenvalue weighted by Gasteiger charge is -2.19. The molecule has 0 spiro atoms. The van der Waals surface area contributed by atoms with Crippen molar-refractivity contribution in [3.8, 4) is 0 Å². The highest BCUT2D eigenvalue weighted by molar-refractivity contribution is 5.89. The molecule has 0 heterocycles. The van der Waals surface area contributed by atoms with Crippen molar-refractivity contribution in [2.24, 2.45) is 0 Å². The van der Waals surface area contributed by atoms with Crippen LogP contribution in [-0.4, -0.2) is 30.8 Å². The van der Waals surface area contributed by atoms with Crippen LogP contribution in [0.1, 0.15) is 49.0 Å². The van der Waals surface area contributed by atoms with Crippen LogP contribution < -0.4 is 5.32 Å². The van der Waals surface area contributed by atoms with Crippen molar-refractivity contribution in [3.63, 3.8) is 0 Å². The number of rotatable bonds is 3. The van der Waals surface area contributed by atoms with E-state index in [0.29, 0.717) is 17.5 Å². The van der Waals surface area contributed by atoms with E-state index in [9.17, 15) is 14.0 Å². The Labute approximate surface area is 128 Å². The highest BCUT2D eigenvalue weighted by Crippen LogP contribution is 2.42. The predicted molar refractivity (Wildman–Crippen MR) is 78.3 cm³/mol. The van der Waals surface area contributed by atoms with Crippen molar-refractivity contribution >= 4 is 12.1 Å². The first-order valence-corrected chi connectivity index (χ1v) is 7.08. The number of benzene rings is 1. The van der Waals surface area contributed by atoms with Crippen molar-refractivity contribution in [2.45, 2.75) is 44.8 Å². The normalized spacial score (nSPS) is 20.2. The van der Waals surface area contributed by atoms with Gasteiger partial charge >= 0.3 is 12.1 Å². The largest absolute Gasteiger partial charge is 0.465 e. The minimum atomic E-state index is -0.579.